The summed E-state index contributed by atoms with van der Waals surface area (Å²) in [4.78, 5) is 30.9. The molecule has 3 aromatic rings. The summed E-state index contributed by atoms with van der Waals surface area (Å²) in [5, 5.41) is 4.31. The molecule has 27 heavy (non-hydrogen) atoms. The number of carbonyl (C=O) groups is 2. The Morgan fingerprint density at radius 2 is 1.85 bits per heavy atom. The third-order valence-corrected chi connectivity index (χ3v) is 6.37. The fraction of sp³-hybridized carbons (Fsp3) is 0.250. The number of hydrogen-bond donors (Lipinski definition) is 2. The smallest absolute Gasteiger partial charge is 0.268 e. The minimum absolute atomic E-state index is 0.254. The number of nitrogens with one attached hydrogen (secondary N) is 1. The maximum absolute atomic E-state index is 12.8. The molecule has 0 spiro atoms. The number of nitrogens with zero attached hydrogens (tertiary/aromatic N) is 1. The lowest BCUT2D eigenvalue weighted by Gasteiger charge is -2.06. The Kier molecular flexibility index (Phi) is 5.72. The SMILES string of the molecule is CCCc1nc(C)c(C(=O)Nc2sc(C)c(-c3ccccc3)c2C(N)=O)s1. The quantitative estimate of drug-likeness (QED) is 0.625. The maximum atomic E-state index is 12.8. The number of thiazole rings is 1. The molecule has 0 saturated carbocycles. The fourth-order valence-electron chi connectivity index (χ4n) is 2.96. The van der Waals surface area contributed by atoms with Gasteiger partial charge in [-0.3, -0.25) is 9.59 Å². The molecular formula is C20H21N3O2S2. The first-order chi connectivity index (χ1) is 12.9. The van der Waals surface area contributed by atoms with Gasteiger partial charge in [0.1, 0.15) is 9.88 Å². The monoisotopic (exact) mass is 399 g/mol. The average Bonchev–Trinajstić information content (AvgIpc) is 3.15. The Bertz CT molecular complexity index is 990. The summed E-state index contributed by atoms with van der Waals surface area (Å²) >= 11 is 2.76. The van der Waals surface area contributed by atoms with Crippen molar-refractivity contribution in [2.24, 2.45) is 5.73 Å². The number of aromatic nitrogens is 1. The van der Waals surface area contributed by atoms with Gasteiger partial charge in [-0.1, -0.05) is 37.3 Å². The van der Waals surface area contributed by atoms with E-state index in [9.17, 15) is 9.59 Å². The van der Waals surface area contributed by atoms with Crippen LogP contribution in [-0.4, -0.2) is 16.8 Å². The van der Waals surface area contributed by atoms with Gasteiger partial charge in [0.2, 0.25) is 0 Å². The predicted octanol–water partition coefficient (Wildman–Crippen LogP) is 4.79. The number of amides is 2. The van der Waals surface area contributed by atoms with E-state index in [0.717, 1.165) is 33.9 Å². The van der Waals surface area contributed by atoms with Crippen LogP contribution in [0.25, 0.3) is 11.1 Å². The first-order valence-electron chi connectivity index (χ1n) is 8.68. The van der Waals surface area contributed by atoms with Crippen molar-refractivity contribution in [1.29, 1.82) is 0 Å². The molecular weight excluding hydrogens is 378 g/mol. The van der Waals surface area contributed by atoms with Crippen LogP contribution < -0.4 is 11.1 Å². The van der Waals surface area contributed by atoms with Crippen molar-refractivity contribution < 1.29 is 9.59 Å². The number of rotatable bonds is 6. The van der Waals surface area contributed by atoms with Crippen LogP contribution in [-0.2, 0) is 6.42 Å². The van der Waals surface area contributed by atoms with Crippen molar-refractivity contribution >= 4 is 39.5 Å². The van der Waals surface area contributed by atoms with E-state index < -0.39 is 5.91 Å². The molecule has 3 N–H and O–H groups in total. The van der Waals surface area contributed by atoms with Crippen molar-refractivity contribution in [3.05, 3.63) is 56.4 Å². The maximum Gasteiger partial charge on any atom is 0.268 e. The van der Waals surface area contributed by atoms with Gasteiger partial charge >= 0.3 is 0 Å². The number of thiophene rings is 1. The van der Waals surface area contributed by atoms with Crippen molar-refractivity contribution in [3.63, 3.8) is 0 Å². The molecule has 0 fully saturated rings. The Morgan fingerprint density at radius 1 is 1.15 bits per heavy atom. The standard InChI is InChI=1S/C20H21N3O2S2/c1-4-8-14-22-11(2)17(27-14)19(25)23-20-16(18(21)24)15(12(3)26-20)13-9-6-5-7-10-13/h5-7,9-10H,4,8H2,1-3H3,(H2,21,24)(H,23,25). The van der Waals surface area contributed by atoms with E-state index in [1.807, 2.05) is 44.2 Å². The summed E-state index contributed by atoms with van der Waals surface area (Å²) in [5.41, 5.74) is 8.40. The fourth-order valence-corrected chi connectivity index (χ4v) is 5.10. The number of primary amides is 1. The molecule has 7 heteroatoms. The van der Waals surface area contributed by atoms with Crippen LogP contribution in [0, 0.1) is 13.8 Å². The third kappa shape index (κ3) is 3.94. The lowest BCUT2D eigenvalue weighted by Crippen LogP contribution is -2.17. The molecule has 3 rings (SSSR count). The molecule has 5 nitrogen and oxygen atoms in total. The van der Waals surface area contributed by atoms with Gasteiger partial charge in [0.25, 0.3) is 11.8 Å². The number of anilines is 1. The van der Waals surface area contributed by atoms with Crippen molar-refractivity contribution in [1.82, 2.24) is 4.98 Å². The lowest BCUT2D eigenvalue weighted by atomic mass is 10.0. The largest absolute Gasteiger partial charge is 0.365 e. The van der Waals surface area contributed by atoms with Crippen molar-refractivity contribution in [3.8, 4) is 11.1 Å². The number of aryl methyl sites for hydroxylation is 3. The minimum Gasteiger partial charge on any atom is -0.365 e. The van der Waals surface area contributed by atoms with E-state index in [4.69, 9.17) is 5.73 Å². The molecule has 1 aromatic carbocycles. The molecule has 0 bridgehead atoms. The number of carbonyl (C=O) groups excluding carboxylic acids is 2. The molecule has 0 atom stereocenters. The molecule has 2 aromatic heterocycles. The Balaban J connectivity index is 1.98. The first-order valence-corrected chi connectivity index (χ1v) is 10.3. The number of benzene rings is 1. The normalized spacial score (nSPS) is 10.8. The summed E-state index contributed by atoms with van der Waals surface area (Å²) < 4.78 is 0. The van der Waals surface area contributed by atoms with E-state index in [1.165, 1.54) is 22.7 Å². The number of hydrogen-bond acceptors (Lipinski definition) is 5. The second kappa shape index (κ2) is 8.02. The van der Waals surface area contributed by atoms with Crippen LogP contribution in [0.3, 0.4) is 0 Å². The highest BCUT2D eigenvalue weighted by Gasteiger charge is 2.24. The Labute approximate surface area is 166 Å². The van der Waals surface area contributed by atoms with Gasteiger partial charge in [-0.15, -0.1) is 22.7 Å². The van der Waals surface area contributed by atoms with Gasteiger partial charge in [0.15, 0.2) is 0 Å². The van der Waals surface area contributed by atoms with Gasteiger partial charge in [0.05, 0.1) is 16.3 Å². The van der Waals surface area contributed by atoms with Gasteiger partial charge in [-0.2, -0.15) is 0 Å². The molecule has 0 aliphatic heterocycles. The lowest BCUT2D eigenvalue weighted by molar-refractivity contribution is 0.100. The van der Waals surface area contributed by atoms with E-state index in [-0.39, 0.29) is 5.91 Å². The molecule has 0 saturated heterocycles. The molecule has 2 amide bonds. The second-order valence-electron chi connectivity index (χ2n) is 6.19. The van der Waals surface area contributed by atoms with Crippen molar-refractivity contribution in [2.45, 2.75) is 33.6 Å². The summed E-state index contributed by atoms with van der Waals surface area (Å²) in [6.07, 6.45) is 1.83. The molecule has 0 aliphatic rings. The van der Waals surface area contributed by atoms with Gasteiger partial charge in [-0.25, -0.2) is 4.98 Å². The summed E-state index contributed by atoms with van der Waals surface area (Å²) in [6, 6.07) is 9.59. The molecule has 0 unspecified atom stereocenters. The minimum atomic E-state index is -0.554. The highest BCUT2D eigenvalue weighted by atomic mass is 32.1. The number of nitrogens with two attached hydrogens (primary N) is 1. The highest BCUT2D eigenvalue weighted by Crippen LogP contribution is 2.40. The predicted molar refractivity (Wildman–Crippen MR) is 112 cm³/mol. The molecule has 0 aliphatic carbocycles. The van der Waals surface area contributed by atoms with Crippen molar-refractivity contribution in [2.75, 3.05) is 5.32 Å². The zero-order chi connectivity index (χ0) is 19.6. The summed E-state index contributed by atoms with van der Waals surface area (Å²) in [5.74, 6) is -0.808. The van der Waals surface area contributed by atoms with Crippen LogP contribution in [0.4, 0.5) is 5.00 Å². The van der Waals surface area contributed by atoms with E-state index in [0.29, 0.717) is 21.1 Å². The van der Waals surface area contributed by atoms with Gasteiger partial charge < -0.3 is 11.1 Å². The highest BCUT2D eigenvalue weighted by molar-refractivity contribution is 7.17. The first kappa shape index (κ1) is 19.3. The van der Waals surface area contributed by atoms with Crippen LogP contribution >= 0.6 is 22.7 Å². The summed E-state index contributed by atoms with van der Waals surface area (Å²) in [6.45, 7) is 5.83. The van der Waals surface area contributed by atoms with Crippen LogP contribution in [0.1, 0.15) is 49.0 Å². The topological polar surface area (TPSA) is 85.1 Å². The Morgan fingerprint density at radius 3 is 2.48 bits per heavy atom. The van der Waals surface area contributed by atoms with Gasteiger partial charge in [-0.05, 0) is 32.3 Å². The van der Waals surface area contributed by atoms with Crippen LogP contribution in [0.5, 0.6) is 0 Å². The zero-order valence-electron chi connectivity index (χ0n) is 15.5. The second-order valence-corrected chi connectivity index (χ2v) is 8.50. The van der Waals surface area contributed by atoms with Crippen LogP contribution in [0.15, 0.2) is 30.3 Å². The van der Waals surface area contributed by atoms with E-state index in [1.54, 1.807) is 0 Å². The zero-order valence-corrected chi connectivity index (χ0v) is 17.1. The molecule has 140 valence electrons. The summed E-state index contributed by atoms with van der Waals surface area (Å²) in [7, 11) is 0. The van der Waals surface area contributed by atoms with Crippen LogP contribution in [0.2, 0.25) is 0 Å². The van der Waals surface area contributed by atoms with Gasteiger partial charge in [0, 0.05) is 10.4 Å². The average molecular weight is 400 g/mol. The van der Waals surface area contributed by atoms with E-state index in [2.05, 4.69) is 17.2 Å². The molecule has 0 radical (unpaired) electrons. The third-order valence-electron chi connectivity index (χ3n) is 4.13. The van der Waals surface area contributed by atoms with E-state index >= 15 is 0 Å². The molecule has 2 heterocycles. The Hall–Kier alpha value is -2.51.